The van der Waals surface area contributed by atoms with E-state index >= 15 is 0 Å². The third-order valence-corrected chi connectivity index (χ3v) is 6.30. The van der Waals surface area contributed by atoms with Crippen molar-refractivity contribution in [2.45, 2.75) is 44.6 Å². The number of imidazole rings is 1. The lowest BCUT2D eigenvalue weighted by Gasteiger charge is -2.56. The summed E-state index contributed by atoms with van der Waals surface area (Å²) < 4.78 is 2.13. The lowest BCUT2D eigenvalue weighted by molar-refractivity contribution is -0.0520. The zero-order valence-corrected chi connectivity index (χ0v) is 12.3. The van der Waals surface area contributed by atoms with E-state index in [0.29, 0.717) is 6.04 Å². The Labute approximate surface area is 121 Å². The quantitative estimate of drug-likeness (QED) is 0.651. The van der Waals surface area contributed by atoms with Gasteiger partial charge in [0.15, 0.2) is 0 Å². The molecule has 0 aliphatic heterocycles. The van der Waals surface area contributed by atoms with Gasteiger partial charge in [0.1, 0.15) is 5.82 Å². The molecule has 0 amide bonds. The first-order chi connectivity index (χ1) is 9.74. The molecule has 0 radical (unpaired) electrons. The van der Waals surface area contributed by atoms with Crippen molar-refractivity contribution in [2.75, 3.05) is 0 Å². The molecule has 4 aliphatic rings. The van der Waals surface area contributed by atoms with Gasteiger partial charge in [-0.15, -0.1) is 0 Å². The molecule has 4 aliphatic carbocycles. The average molecular weight is 274 g/mol. The van der Waals surface area contributed by atoms with Crippen molar-refractivity contribution >= 4 is 0 Å². The van der Waals surface area contributed by atoms with Gasteiger partial charge in [0.2, 0.25) is 0 Å². The van der Waals surface area contributed by atoms with Crippen LogP contribution in [0.2, 0.25) is 0 Å². The van der Waals surface area contributed by atoms with E-state index in [1.807, 2.05) is 12.4 Å². The van der Waals surface area contributed by atoms with Crippen molar-refractivity contribution in [2.24, 2.45) is 42.5 Å². The van der Waals surface area contributed by atoms with Crippen LogP contribution in [0.25, 0.3) is 0 Å². The minimum atomic E-state index is 0.395. The Kier molecular flexibility index (Phi) is 3.11. The molecule has 4 fully saturated rings. The topological polar surface area (TPSA) is 55.9 Å². The Morgan fingerprint density at radius 2 is 1.90 bits per heavy atom. The van der Waals surface area contributed by atoms with Crippen molar-refractivity contribution < 1.29 is 0 Å². The number of aryl methyl sites for hydroxylation is 1. The minimum Gasteiger partial charge on any atom is -0.338 e. The molecule has 20 heavy (non-hydrogen) atoms. The highest BCUT2D eigenvalue weighted by atomic mass is 15.2. The van der Waals surface area contributed by atoms with Crippen LogP contribution in [0, 0.1) is 29.6 Å². The van der Waals surface area contributed by atoms with Gasteiger partial charge in [0.05, 0.1) is 0 Å². The predicted octanol–water partition coefficient (Wildman–Crippen LogP) is 1.87. The van der Waals surface area contributed by atoms with Gasteiger partial charge < -0.3 is 4.57 Å². The van der Waals surface area contributed by atoms with E-state index in [2.05, 4.69) is 22.0 Å². The third kappa shape index (κ3) is 2.01. The van der Waals surface area contributed by atoms with E-state index in [-0.39, 0.29) is 0 Å². The van der Waals surface area contributed by atoms with Crippen molar-refractivity contribution in [1.29, 1.82) is 0 Å². The van der Waals surface area contributed by atoms with Crippen LogP contribution in [0.1, 0.15) is 37.9 Å². The molecule has 1 unspecified atom stereocenters. The molecule has 4 bridgehead atoms. The van der Waals surface area contributed by atoms with E-state index in [4.69, 9.17) is 5.84 Å². The minimum absolute atomic E-state index is 0.395. The maximum absolute atomic E-state index is 5.93. The fourth-order valence-corrected chi connectivity index (χ4v) is 5.72. The number of nitrogens with one attached hydrogen (secondary N) is 1. The summed E-state index contributed by atoms with van der Waals surface area (Å²) in [5.41, 5.74) is 3.14. The summed E-state index contributed by atoms with van der Waals surface area (Å²) in [4.78, 5) is 4.48. The fraction of sp³-hybridized carbons (Fsp3) is 0.812. The molecule has 5 rings (SSSR count). The Bertz CT molecular complexity index is 453. The van der Waals surface area contributed by atoms with Crippen LogP contribution in [0.5, 0.6) is 0 Å². The number of nitrogens with two attached hydrogens (primary N) is 1. The van der Waals surface area contributed by atoms with E-state index in [1.54, 1.807) is 0 Å². The van der Waals surface area contributed by atoms with E-state index in [0.717, 1.165) is 41.8 Å². The number of hydrogen-bond acceptors (Lipinski definition) is 3. The summed E-state index contributed by atoms with van der Waals surface area (Å²) in [5, 5.41) is 0. The van der Waals surface area contributed by atoms with Gasteiger partial charge in [0.25, 0.3) is 0 Å². The van der Waals surface area contributed by atoms with Crippen LogP contribution in [0.4, 0.5) is 0 Å². The van der Waals surface area contributed by atoms with Crippen LogP contribution in [-0.2, 0) is 13.5 Å². The molecular weight excluding hydrogens is 248 g/mol. The first-order valence-corrected chi connectivity index (χ1v) is 8.17. The third-order valence-electron chi connectivity index (χ3n) is 6.30. The van der Waals surface area contributed by atoms with Crippen LogP contribution in [0.15, 0.2) is 12.4 Å². The lowest BCUT2D eigenvalue weighted by Crippen LogP contribution is -2.55. The average Bonchev–Trinajstić information content (AvgIpc) is 2.81. The molecule has 1 atom stereocenters. The van der Waals surface area contributed by atoms with Gasteiger partial charge in [-0.3, -0.25) is 11.3 Å². The summed E-state index contributed by atoms with van der Waals surface area (Å²) in [5.74, 6) is 11.7. The maximum atomic E-state index is 5.93. The SMILES string of the molecule is Cn1ccnc1CC(NN)C1C2CC3CC(C2)CC1C3. The molecule has 1 aromatic heterocycles. The molecule has 0 saturated heterocycles. The van der Waals surface area contributed by atoms with Gasteiger partial charge >= 0.3 is 0 Å². The molecule has 0 spiro atoms. The zero-order valence-electron chi connectivity index (χ0n) is 12.3. The van der Waals surface area contributed by atoms with Gasteiger partial charge in [-0.25, -0.2) is 4.98 Å². The van der Waals surface area contributed by atoms with E-state index < -0.39 is 0 Å². The second kappa shape index (κ2) is 4.85. The molecule has 4 nitrogen and oxygen atoms in total. The summed E-state index contributed by atoms with van der Waals surface area (Å²) >= 11 is 0. The number of nitrogens with zero attached hydrogens (tertiary/aromatic N) is 2. The van der Waals surface area contributed by atoms with Crippen LogP contribution < -0.4 is 11.3 Å². The zero-order chi connectivity index (χ0) is 13.7. The highest BCUT2D eigenvalue weighted by Gasteiger charge is 2.50. The molecule has 1 heterocycles. The number of aromatic nitrogens is 2. The van der Waals surface area contributed by atoms with Gasteiger partial charge in [-0.05, 0) is 61.7 Å². The normalized spacial score (nSPS) is 40.2. The smallest absolute Gasteiger partial charge is 0.109 e. The highest BCUT2D eigenvalue weighted by Crippen LogP contribution is 2.57. The maximum Gasteiger partial charge on any atom is 0.109 e. The van der Waals surface area contributed by atoms with Crippen LogP contribution in [-0.4, -0.2) is 15.6 Å². The molecule has 4 heteroatoms. The molecule has 3 N–H and O–H groups in total. The van der Waals surface area contributed by atoms with Crippen LogP contribution in [0.3, 0.4) is 0 Å². The predicted molar refractivity (Wildman–Crippen MR) is 78.6 cm³/mol. The second-order valence-corrected chi connectivity index (χ2v) is 7.44. The molecule has 0 aromatic carbocycles. The van der Waals surface area contributed by atoms with Crippen molar-refractivity contribution in [3.05, 3.63) is 18.2 Å². The molecule has 110 valence electrons. The van der Waals surface area contributed by atoms with Gasteiger partial charge in [0, 0.05) is 31.9 Å². The van der Waals surface area contributed by atoms with Gasteiger partial charge in [-0.1, -0.05) is 0 Å². The Morgan fingerprint density at radius 1 is 1.25 bits per heavy atom. The summed E-state index contributed by atoms with van der Waals surface area (Å²) in [6.45, 7) is 0. The number of hydrazine groups is 1. The largest absolute Gasteiger partial charge is 0.338 e. The van der Waals surface area contributed by atoms with Crippen molar-refractivity contribution in [3.8, 4) is 0 Å². The monoisotopic (exact) mass is 274 g/mol. The second-order valence-electron chi connectivity index (χ2n) is 7.44. The summed E-state index contributed by atoms with van der Waals surface area (Å²) in [6.07, 6.45) is 12.2. The first kappa shape index (κ1) is 12.8. The standard InChI is InChI=1S/C16H26N4/c1-20-3-2-18-15(20)9-14(19-17)16-12-5-10-4-11(7-12)8-13(16)6-10/h2-3,10-14,16,19H,4-9,17H2,1H3. The number of rotatable bonds is 4. The van der Waals surface area contributed by atoms with Crippen molar-refractivity contribution in [1.82, 2.24) is 15.0 Å². The molecular formula is C16H26N4. The van der Waals surface area contributed by atoms with E-state index in [1.165, 1.54) is 32.1 Å². The number of hydrogen-bond donors (Lipinski definition) is 2. The lowest BCUT2D eigenvalue weighted by atomic mass is 9.50. The van der Waals surface area contributed by atoms with Crippen molar-refractivity contribution in [3.63, 3.8) is 0 Å². The van der Waals surface area contributed by atoms with Crippen LogP contribution >= 0.6 is 0 Å². The summed E-state index contributed by atoms with van der Waals surface area (Å²) in [6, 6.07) is 0.395. The summed E-state index contributed by atoms with van der Waals surface area (Å²) in [7, 11) is 2.08. The Morgan fingerprint density at radius 3 is 2.40 bits per heavy atom. The van der Waals surface area contributed by atoms with Gasteiger partial charge in [-0.2, -0.15) is 0 Å². The highest BCUT2D eigenvalue weighted by molar-refractivity contribution is 5.04. The Hall–Kier alpha value is -0.870. The molecule has 1 aromatic rings. The fourth-order valence-electron chi connectivity index (χ4n) is 5.72. The molecule has 4 saturated carbocycles. The Balaban J connectivity index is 1.54. The van der Waals surface area contributed by atoms with E-state index in [9.17, 15) is 0 Å². The first-order valence-electron chi connectivity index (χ1n) is 8.17.